The molecule has 3 nitrogen and oxygen atoms in total. The van der Waals surface area contributed by atoms with Crippen molar-refractivity contribution in [2.24, 2.45) is 13.0 Å². The van der Waals surface area contributed by atoms with Crippen LogP contribution in [0.3, 0.4) is 0 Å². The van der Waals surface area contributed by atoms with Gasteiger partial charge in [-0.25, -0.2) is 0 Å². The third kappa shape index (κ3) is 2.50. The van der Waals surface area contributed by atoms with Crippen LogP contribution in [0.15, 0.2) is 60.7 Å². The van der Waals surface area contributed by atoms with Crippen molar-refractivity contribution in [3.05, 3.63) is 77.5 Å². The first-order valence-corrected chi connectivity index (χ1v) is 9.17. The molecule has 3 heteroatoms. The summed E-state index contributed by atoms with van der Waals surface area (Å²) in [5, 5.41) is 4.87. The molecule has 0 radical (unpaired) electrons. The summed E-state index contributed by atoms with van der Waals surface area (Å²) >= 11 is 0. The molecule has 5 rings (SSSR count). The number of likely N-dealkylation sites (tertiary alicyclic amines) is 1. The van der Waals surface area contributed by atoms with Crippen molar-refractivity contribution in [2.75, 3.05) is 13.1 Å². The predicted octanol–water partition coefficient (Wildman–Crippen LogP) is 3.86. The van der Waals surface area contributed by atoms with E-state index in [0.29, 0.717) is 5.92 Å². The summed E-state index contributed by atoms with van der Waals surface area (Å²) in [4.78, 5) is 2.62. The van der Waals surface area contributed by atoms with Crippen molar-refractivity contribution in [1.82, 2.24) is 14.7 Å². The van der Waals surface area contributed by atoms with Gasteiger partial charge in [0.1, 0.15) is 0 Å². The third-order valence-corrected chi connectivity index (χ3v) is 5.85. The van der Waals surface area contributed by atoms with Crippen LogP contribution in [0.5, 0.6) is 0 Å². The van der Waals surface area contributed by atoms with E-state index < -0.39 is 0 Å². The quantitative estimate of drug-likeness (QED) is 0.727. The summed E-state index contributed by atoms with van der Waals surface area (Å²) in [5.41, 5.74) is 6.83. The second-order valence-corrected chi connectivity index (χ2v) is 7.45. The summed E-state index contributed by atoms with van der Waals surface area (Å²) in [6, 6.07) is 21.5. The number of rotatable bonds is 3. The number of fused-ring (bicyclic) bond motifs is 3. The maximum atomic E-state index is 4.87. The molecule has 2 atom stereocenters. The van der Waals surface area contributed by atoms with E-state index in [1.807, 2.05) is 0 Å². The lowest BCUT2D eigenvalue weighted by Gasteiger charge is -2.17. The zero-order chi connectivity index (χ0) is 16.8. The minimum absolute atomic E-state index is 0.627. The fraction of sp³-hybridized carbons (Fsp3) is 0.318. The molecule has 126 valence electrons. The topological polar surface area (TPSA) is 21.1 Å². The molecule has 1 aliphatic carbocycles. The number of nitrogens with zero attached hydrogens (tertiary/aromatic N) is 3. The van der Waals surface area contributed by atoms with E-state index in [2.05, 4.69) is 77.3 Å². The van der Waals surface area contributed by atoms with Crippen molar-refractivity contribution in [3.8, 4) is 11.3 Å². The van der Waals surface area contributed by atoms with E-state index in [4.69, 9.17) is 5.10 Å². The lowest BCUT2D eigenvalue weighted by atomic mass is 9.94. The third-order valence-electron chi connectivity index (χ3n) is 5.85. The zero-order valence-corrected chi connectivity index (χ0v) is 14.6. The zero-order valence-electron chi connectivity index (χ0n) is 14.6. The molecule has 0 unspecified atom stereocenters. The number of benzene rings is 2. The van der Waals surface area contributed by atoms with Gasteiger partial charge >= 0.3 is 0 Å². The van der Waals surface area contributed by atoms with Gasteiger partial charge in [-0.05, 0) is 17.9 Å². The summed E-state index contributed by atoms with van der Waals surface area (Å²) in [7, 11) is 2.11. The Balaban J connectivity index is 1.44. The van der Waals surface area contributed by atoms with Crippen LogP contribution in [0.1, 0.15) is 22.7 Å². The van der Waals surface area contributed by atoms with Gasteiger partial charge < -0.3 is 0 Å². The maximum absolute atomic E-state index is 4.87. The summed E-state index contributed by atoms with van der Waals surface area (Å²) in [6.07, 6.45) is 1.17. The molecular weight excluding hydrogens is 306 g/mol. The summed E-state index contributed by atoms with van der Waals surface area (Å²) in [5.74, 6) is 1.37. The van der Waals surface area contributed by atoms with Gasteiger partial charge in [-0.3, -0.25) is 9.58 Å². The van der Waals surface area contributed by atoms with Gasteiger partial charge in [0, 0.05) is 49.4 Å². The van der Waals surface area contributed by atoms with Gasteiger partial charge in [0.05, 0.1) is 5.69 Å². The van der Waals surface area contributed by atoms with Crippen LogP contribution in [-0.4, -0.2) is 27.8 Å². The molecule has 1 saturated heterocycles. The Morgan fingerprint density at radius 1 is 0.960 bits per heavy atom. The molecule has 0 spiro atoms. The largest absolute Gasteiger partial charge is 0.298 e. The number of aryl methyl sites for hydroxylation is 1. The van der Waals surface area contributed by atoms with E-state index in [0.717, 1.165) is 19.0 Å². The first-order valence-electron chi connectivity index (χ1n) is 9.17. The van der Waals surface area contributed by atoms with Crippen LogP contribution in [0, 0.1) is 5.92 Å². The van der Waals surface area contributed by atoms with Gasteiger partial charge in [0.2, 0.25) is 0 Å². The molecule has 2 aliphatic rings. The lowest BCUT2D eigenvalue weighted by Crippen LogP contribution is -2.21. The molecule has 0 N–H and O–H groups in total. The molecule has 3 aromatic rings. The van der Waals surface area contributed by atoms with Crippen molar-refractivity contribution >= 4 is 0 Å². The molecule has 2 heterocycles. The fourth-order valence-electron chi connectivity index (χ4n) is 4.73. The Bertz CT molecular complexity index is 882. The van der Waals surface area contributed by atoms with Crippen molar-refractivity contribution in [3.63, 3.8) is 0 Å². The molecule has 0 saturated carbocycles. The Morgan fingerprint density at radius 2 is 1.68 bits per heavy atom. The van der Waals surface area contributed by atoms with Crippen LogP contribution < -0.4 is 0 Å². The molecular formula is C22H23N3. The van der Waals surface area contributed by atoms with Gasteiger partial charge in [-0.2, -0.15) is 5.10 Å². The van der Waals surface area contributed by atoms with Gasteiger partial charge in [-0.1, -0.05) is 60.7 Å². The van der Waals surface area contributed by atoms with E-state index in [1.165, 1.54) is 41.0 Å². The molecule has 0 bridgehead atoms. The Labute approximate surface area is 148 Å². The highest BCUT2D eigenvalue weighted by molar-refractivity contribution is 5.66. The van der Waals surface area contributed by atoms with E-state index >= 15 is 0 Å². The average Bonchev–Trinajstić information content (AvgIpc) is 3.27. The van der Waals surface area contributed by atoms with E-state index in [9.17, 15) is 0 Å². The standard InChI is InChI=1S/C22H23N3/c1-24-20-12-18-14-25(13-16-8-4-2-5-9-16)15-19(18)21(20)22(23-24)17-10-6-3-7-11-17/h2-11,18-19H,12-15H2,1H3/t18-,19+/m0/s1. The second-order valence-electron chi connectivity index (χ2n) is 7.45. The van der Waals surface area contributed by atoms with Gasteiger partial charge in [0.25, 0.3) is 0 Å². The minimum Gasteiger partial charge on any atom is -0.298 e. The van der Waals surface area contributed by atoms with Crippen LogP contribution in [0.4, 0.5) is 0 Å². The average molecular weight is 329 g/mol. The number of aromatic nitrogens is 2. The van der Waals surface area contributed by atoms with Gasteiger partial charge in [0.15, 0.2) is 0 Å². The molecule has 0 amide bonds. The maximum Gasteiger partial charge on any atom is 0.0961 e. The smallest absolute Gasteiger partial charge is 0.0961 e. The van der Waals surface area contributed by atoms with Crippen LogP contribution >= 0.6 is 0 Å². The first kappa shape index (κ1) is 14.9. The van der Waals surface area contributed by atoms with Crippen LogP contribution in [-0.2, 0) is 20.0 Å². The van der Waals surface area contributed by atoms with Crippen molar-refractivity contribution in [1.29, 1.82) is 0 Å². The lowest BCUT2D eigenvalue weighted by molar-refractivity contribution is 0.313. The Kier molecular flexibility index (Phi) is 3.49. The first-order chi connectivity index (χ1) is 12.3. The van der Waals surface area contributed by atoms with Crippen LogP contribution in [0.25, 0.3) is 11.3 Å². The normalized spacial score (nSPS) is 22.1. The monoisotopic (exact) mass is 329 g/mol. The van der Waals surface area contributed by atoms with Crippen molar-refractivity contribution < 1.29 is 0 Å². The highest BCUT2D eigenvalue weighted by Gasteiger charge is 2.43. The predicted molar refractivity (Wildman–Crippen MR) is 100 cm³/mol. The molecule has 2 aromatic carbocycles. The van der Waals surface area contributed by atoms with Gasteiger partial charge in [-0.15, -0.1) is 0 Å². The summed E-state index contributed by atoms with van der Waals surface area (Å²) < 4.78 is 2.12. The molecule has 1 aromatic heterocycles. The van der Waals surface area contributed by atoms with E-state index in [-0.39, 0.29) is 0 Å². The Morgan fingerprint density at radius 3 is 2.44 bits per heavy atom. The Hall–Kier alpha value is -2.39. The number of hydrogen-bond donors (Lipinski definition) is 0. The fourth-order valence-corrected chi connectivity index (χ4v) is 4.73. The van der Waals surface area contributed by atoms with Crippen molar-refractivity contribution in [2.45, 2.75) is 18.9 Å². The second kappa shape index (κ2) is 5.85. The van der Waals surface area contributed by atoms with Crippen LogP contribution in [0.2, 0.25) is 0 Å². The minimum atomic E-state index is 0.627. The van der Waals surface area contributed by atoms with E-state index in [1.54, 1.807) is 0 Å². The highest BCUT2D eigenvalue weighted by Crippen LogP contribution is 2.47. The highest BCUT2D eigenvalue weighted by atomic mass is 15.3. The molecule has 25 heavy (non-hydrogen) atoms. The summed E-state index contributed by atoms with van der Waals surface area (Å²) in [6.45, 7) is 3.41. The number of hydrogen-bond acceptors (Lipinski definition) is 2. The SMILES string of the molecule is Cn1nc(-c2ccccc2)c2c1C[C@H]1CN(Cc3ccccc3)C[C@@H]21. The molecule has 1 aliphatic heterocycles. The molecule has 1 fully saturated rings.